The Morgan fingerprint density at radius 2 is 2.00 bits per heavy atom. The predicted molar refractivity (Wildman–Crippen MR) is 68.9 cm³/mol. The van der Waals surface area contributed by atoms with Crippen molar-refractivity contribution in [1.29, 1.82) is 0 Å². The molecule has 1 saturated carbocycles. The van der Waals surface area contributed by atoms with Crippen LogP contribution < -0.4 is 4.74 Å². The van der Waals surface area contributed by atoms with Gasteiger partial charge < -0.3 is 14.0 Å². The quantitative estimate of drug-likeness (QED) is 0.825. The lowest BCUT2D eigenvalue weighted by Gasteiger charge is -2.25. The number of rotatable bonds is 2. The minimum atomic E-state index is 0.117. The molecule has 2 aliphatic rings. The van der Waals surface area contributed by atoms with E-state index in [4.69, 9.17) is 9.47 Å². The fraction of sp³-hybridized carbons (Fsp3) is 0.429. The first-order valence-electron chi connectivity index (χ1n) is 6.49. The van der Waals surface area contributed by atoms with Gasteiger partial charge in [-0.1, -0.05) is 0 Å². The van der Waals surface area contributed by atoms with Gasteiger partial charge in [0.25, 0.3) is 0 Å². The molecule has 19 heavy (non-hydrogen) atoms. The summed E-state index contributed by atoms with van der Waals surface area (Å²) in [5.41, 5.74) is 1.19. The summed E-state index contributed by atoms with van der Waals surface area (Å²) in [6, 6.07) is 7.97. The first-order chi connectivity index (χ1) is 9.32. The van der Waals surface area contributed by atoms with Crippen LogP contribution in [0.25, 0.3) is 11.4 Å². The van der Waals surface area contributed by atoms with Gasteiger partial charge in [-0.3, -0.25) is 0 Å². The molecule has 2 heterocycles. The van der Waals surface area contributed by atoms with Crippen LogP contribution in [0.3, 0.4) is 0 Å². The first-order valence-corrected chi connectivity index (χ1v) is 6.49. The average molecular weight is 257 g/mol. The molecule has 98 valence electrons. The van der Waals surface area contributed by atoms with E-state index in [0.29, 0.717) is 6.61 Å². The number of hydrogen-bond donors (Lipinski definition) is 0. The lowest BCUT2D eigenvalue weighted by atomic mass is 10.1. The zero-order valence-electron chi connectivity index (χ0n) is 10.8. The molecule has 0 N–H and O–H groups in total. The molecular formula is C14H15N3O2. The van der Waals surface area contributed by atoms with Gasteiger partial charge in [-0.2, -0.15) is 0 Å². The summed E-state index contributed by atoms with van der Waals surface area (Å²) in [5, 5.41) is 8.62. The molecule has 0 radical (unpaired) electrons. The van der Waals surface area contributed by atoms with Crippen LogP contribution in [0.2, 0.25) is 0 Å². The molecule has 0 atom stereocenters. The van der Waals surface area contributed by atoms with Gasteiger partial charge in [0.1, 0.15) is 12.4 Å². The number of methoxy groups -OCH3 is 1. The molecule has 0 amide bonds. The number of nitrogens with zero attached hydrogens (tertiary/aromatic N) is 3. The van der Waals surface area contributed by atoms with Crippen molar-refractivity contribution < 1.29 is 9.47 Å². The second kappa shape index (κ2) is 3.81. The van der Waals surface area contributed by atoms with Crippen molar-refractivity contribution >= 4 is 0 Å². The Labute approximate surface area is 111 Å². The van der Waals surface area contributed by atoms with Crippen molar-refractivity contribution in [2.24, 2.45) is 0 Å². The molecule has 5 nitrogen and oxygen atoms in total. The van der Waals surface area contributed by atoms with Gasteiger partial charge in [-0.05, 0) is 37.1 Å². The van der Waals surface area contributed by atoms with Crippen LogP contribution in [0.5, 0.6) is 5.75 Å². The van der Waals surface area contributed by atoms with E-state index in [-0.39, 0.29) is 5.54 Å². The van der Waals surface area contributed by atoms with Gasteiger partial charge in [0.2, 0.25) is 0 Å². The number of aromatic nitrogens is 3. The molecule has 4 rings (SSSR count). The Hall–Kier alpha value is -1.88. The summed E-state index contributed by atoms with van der Waals surface area (Å²) in [4.78, 5) is 0. The molecule has 1 aliphatic carbocycles. The standard InChI is InChI=1S/C14H15N3O2/c1-18-11-4-2-10(3-5-11)13-16-15-12-8-19-9-14(6-7-14)17(12)13/h2-5H,6-9H2,1H3. The Morgan fingerprint density at radius 3 is 2.68 bits per heavy atom. The van der Waals surface area contributed by atoms with Crippen molar-refractivity contribution in [3.8, 4) is 17.1 Å². The fourth-order valence-electron chi connectivity index (χ4n) is 2.74. The van der Waals surface area contributed by atoms with E-state index in [1.807, 2.05) is 24.3 Å². The predicted octanol–water partition coefficient (Wildman–Crippen LogP) is 1.97. The number of ether oxygens (including phenoxy) is 2. The van der Waals surface area contributed by atoms with Crippen LogP contribution in [0.15, 0.2) is 24.3 Å². The summed E-state index contributed by atoms with van der Waals surface area (Å²) >= 11 is 0. The highest BCUT2D eigenvalue weighted by molar-refractivity contribution is 5.57. The monoisotopic (exact) mass is 257 g/mol. The van der Waals surface area contributed by atoms with E-state index >= 15 is 0 Å². The maximum absolute atomic E-state index is 5.62. The zero-order valence-corrected chi connectivity index (χ0v) is 10.8. The minimum Gasteiger partial charge on any atom is -0.497 e. The summed E-state index contributed by atoms with van der Waals surface area (Å²) in [6.07, 6.45) is 2.31. The molecule has 1 spiro atoms. The summed E-state index contributed by atoms with van der Waals surface area (Å²) in [6.45, 7) is 1.34. The van der Waals surface area contributed by atoms with Crippen LogP contribution >= 0.6 is 0 Å². The van der Waals surface area contributed by atoms with Crippen molar-refractivity contribution in [2.45, 2.75) is 25.0 Å². The van der Waals surface area contributed by atoms with E-state index in [9.17, 15) is 0 Å². The van der Waals surface area contributed by atoms with Crippen LogP contribution in [0.4, 0.5) is 0 Å². The van der Waals surface area contributed by atoms with E-state index in [1.165, 1.54) is 0 Å². The Kier molecular flexibility index (Phi) is 2.20. The smallest absolute Gasteiger partial charge is 0.164 e. The second-order valence-corrected chi connectivity index (χ2v) is 5.22. The topological polar surface area (TPSA) is 49.2 Å². The summed E-state index contributed by atoms with van der Waals surface area (Å²) in [5.74, 6) is 2.74. The largest absolute Gasteiger partial charge is 0.497 e. The molecule has 0 unspecified atom stereocenters. The molecule has 1 aliphatic heterocycles. The van der Waals surface area contributed by atoms with Crippen molar-refractivity contribution in [3.05, 3.63) is 30.1 Å². The van der Waals surface area contributed by atoms with Gasteiger partial charge in [-0.15, -0.1) is 10.2 Å². The van der Waals surface area contributed by atoms with Crippen molar-refractivity contribution in [1.82, 2.24) is 14.8 Å². The van der Waals surface area contributed by atoms with Crippen molar-refractivity contribution in [3.63, 3.8) is 0 Å². The second-order valence-electron chi connectivity index (χ2n) is 5.22. The number of fused-ring (bicyclic) bond motifs is 2. The van der Waals surface area contributed by atoms with E-state index in [1.54, 1.807) is 7.11 Å². The molecule has 5 heteroatoms. The highest BCUT2D eigenvalue weighted by Crippen LogP contribution is 2.48. The number of benzene rings is 1. The Bertz CT molecular complexity index is 614. The van der Waals surface area contributed by atoms with Crippen LogP contribution in [0.1, 0.15) is 18.7 Å². The maximum Gasteiger partial charge on any atom is 0.164 e. The third kappa shape index (κ3) is 1.58. The third-order valence-electron chi connectivity index (χ3n) is 3.98. The van der Waals surface area contributed by atoms with Gasteiger partial charge in [0.05, 0.1) is 19.3 Å². The molecule has 2 aromatic rings. The van der Waals surface area contributed by atoms with Crippen LogP contribution in [0, 0.1) is 0 Å². The number of hydrogen-bond acceptors (Lipinski definition) is 4. The lowest BCUT2D eigenvalue weighted by molar-refractivity contribution is 0.0454. The molecule has 0 bridgehead atoms. The highest BCUT2D eigenvalue weighted by atomic mass is 16.5. The Morgan fingerprint density at radius 1 is 1.21 bits per heavy atom. The fourth-order valence-corrected chi connectivity index (χ4v) is 2.74. The first kappa shape index (κ1) is 11.0. The van der Waals surface area contributed by atoms with Crippen LogP contribution in [-0.4, -0.2) is 28.5 Å². The molecule has 0 saturated heterocycles. The van der Waals surface area contributed by atoms with Gasteiger partial charge in [-0.25, -0.2) is 0 Å². The lowest BCUT2D eigenvalue weighted by Crippen LogP contribution is -2.31. The van der Waals surface area contributed by atoms with E-state index < -0.39 is 0 Å². The molecule has 1 fully saturated rings. The molecular weight excluding hydrogens is 242 g/mol. The third-order valence-corrected chi connectivity index (χ3v) is 3.98. The highest BCUT2D eigenvalue weighted by Gasteiger charge is 2.49. The van der Waals surface area contributed by atoms with Crippen molar-refractivity contribution in [2.75, 3.05) is 13.7 Å². The Balaban J connectivity index is 1.81. The van der Waals surface area contributed by atoms with Gasteiger partial charge >= 0.3 is 0 Å². The normalized spacial score (nSPS) is 19.2. The molecule has 1 aromatic heterocycles. The van der Waals surface area contributed by atoms with Gasteiger partial charge in [0, 0.05) is 5.56 Å². The van der Waals surface area contributed by atoms with Crippen LogP contribution in [-0.2, 0) is 16.9 Å². The van der Waals surface area contributed by atoms with E-state index in [2.05, 4.69) is 14.8 Å². The van der Waals surface area contributed by atoms with E-state index in [0.717, 1.165) is 42.4 Å². The SMILES string of the molecule is COc1ccc(-c2nnc3n2C2(CC2)COC3)cc1. The summed E-state index contributed by atoms with van der Waals surface area (Å²) < 4.78 is 13.1. The average Bonchev–Trinajstić information content (AvgIpc) is 3.07. The molecule has 1 aromatic carbocycles. The minimum absolute atomic E-state index is 0.117. The van der Waals surface area contributed by atoms with Gasteiger partial charge in [0.15, 0.2) is 11.6 Å². The maximum atomic E-state index is 5.62. The zero-order chi connectivity index (χ0) is 12.9. The summed E-state index contributed by atoms with van der Waals surface area (Å²) in [7, 11) is 1.67.